The predicted molar refractivity (Wildman–Crippen MR) is 118 cm³/mol. The quantitative estimate of drug-likeness (QED) is 0.536. The van der Waals surface area contributed by atoms with Gasteiger partial charge in [-0.15, -0.1) is 0 Å². The Morgan fingerprint density at radius 2 is 1.69 bits per heavy atom. The van der Waals surface area contributed by atoms with E-state index in [4.69, 9.17) is 9.47 Å². The molecule has 0 amide bonds. The van der Waals surface area contributed by atoms with Crippen molar-refractivity contribution in [1.82, 2.24) is 9.97 Å². The zero-order chi connectivity index (χ0) is 21.0. The minimum atomic E-state index is 0.402. The lowest BCUT2D eigenvalue weighted by Crippen LogP contribution is -2.06. The molecule has 0 saturated carbocycles. The van der Waals surface area contributed by atoms with Gasteiger partial charge in [-0.25, -0.2) is 4.98 Å². The van der Waals surface area contributed by atoms with E-state index in [1.807, 2.05) is 31.2 Å². The van der Waals surface area contributed by atoms with Gasteiger partial charge in [0, 0.05) is 23.5 Å². The molecule has 6 heteroatoms. The number of hydrogen-bond acceptors (Lipinski definition) is 6. The van der Waals surface area contributed by atoms with Crippen LogP contribution in [-0.4, -0.2) is 24.2 Å². The molecular weight excluding hydrogens is 364 g/mol. The molecule has 2 N–H and O–H groups in total. The van der Waals surface area contributed by atoms with Crippen molar-refractivity contribution in [2.75, 3.05) is 24.9 Å². The maximum Gasteiger partial charge on any atom is 0.229 e. The monoisotopic (exact) mass is 392 g/mol. The third-order valence-electron chi connectivity index (χ3n) is 4.69. The molecule has 0 radical (unpaired) electrons. The number of methoxy groups -OCH3 is 2. The van der Waals surface area contributed by atoms with E-state index in [2.05, 4.69) is 59.6 Å². The first kappa shape index (κ1) is 20.5. The molecule has 6 nitrogen and oxygen atoms in total. The molecule has 3 rings (SSSR count). The second-order valence-corrected chi connectivity index (χ2v) is 7.23. The van der Waals surface area contributed by atoms with E-state index in [1.54, 1.807) is 14.2 Å². The average molecular weight is 393 g/mol. The maximum atomic E-state index is 5.44. The molecule has 0 spiro atoms. The summed E-state index contributed by atoms with van der Waals surface area (Å²) in [5.41, 5.74) is 5.11. The van der Waals surface area contributed by atoms with E-state index in [9.17, 15) is 0 Å². The van der Waals surface area contributed by atoms with Crippen molar-refractivity contribution in [2.24, 2.45) is 0 Å². The lowest BCUT2D eigenvalue weighted by Gasteiger charge is -2.18. The largest absolute Gasteiger partial charge is 0.497 e. The molecule has 1 heterocycles. The molecule has 0 atom stereocenters. The second-order valence-electron chi connectivity index (χ2n) is 7.23. The highest BCUT2D eigenvalue weighted by Gasteiger charge is 2.12. The van der Waals surface area contributed by atoms with Gasteiger partial charge < -0.3 is 20.1 Å². The van der Waals surface area contributed by atoms with Crippen LogP contribution >= 0.6 is 0 Å². The Kier molecular flexibility index (Phi) is 6.22. The first-order valence-corrected chi connectivity index (χ1v) is 9.62. The van der Waals surface area contributed by atoms with Crippen LogP contribution in [0.15, 0.2) is 42.5 Å². The van der Waals surface area contributed by atoms with E-state index in [0.717, 1.165) is 28.6 Å². The number of nitrogens with zero attached hydrogens (tertiary/aromatic N) is 2. The van der Waals surface area contributed by atoms with Crippen LogP contribution in [-0.2, 0) is 0 Å². The van der Waals surface area contributed by atoms with Gasteiger partial charge in [0.15, 0.2) is 0 Å². The Morgan fingerprint density at radius 1 is 0.897 bits per heavy atom. The zero-order valence-electron chi connectivity index (χ0n) is 17.8. The molecule has 0 bridgehead atoms. The number of ether oxygens (including phenoxy) is 2. The normalized spacial score (nSPS) is 10.7. The van der Waals surface area contributed by atoms with E-state index in [0.29, 0.717) is 17.6 Å². The molecule has 0 saturated heterocycles. The highest BCUT2D eigenvalue weighted by atomic mass is 16.5. The van der Waals surface area contributed by atoms with E-state index < -0.39 is 0 Å². The molecule has 3 aromatic rings. The van der Waals surface area contributed by atoms with Crippen LogP contribution in [0, 0.1) is 13.8 Å². The number of benzene rings is 2. The molecule has 0 aliphatic carbocycles. The highest BCUT2D eigenvalue weighted by Crippen LogP contribution is 2.32. The van der Waals surface area contributed by atoms with Crippen molar-refractivity contribution in [3.63, 3.8) is 0 Å². The summed E-state index contributed by atoms with van der Waals surface area (Å²) in [6.45, 7) is 8.42. The fourth-order valence-corrected chi connectivity index (χ4v) is 3.19. The molecule has 0 aliphatic heterocycles. The number of para-hydroxylation sites is 1. The van der Waals surface area contributed by atoms with Crippen LogP contribution in [0.5, 0.6) is 11.5 Å². The molecule has 0 unspecified atom stereocenters. The lowest BCUT2D eigenvalue weighted by atomic mass is 9.98. The molecule has 0 fully saturated rings. The van der Waals surface area contributed by atoms with Crippen molar-refractivity contribution < 1.29 is 9.47 Å². The van der Waals surface area contributed by atoms with Crippen molar-refractivity contribution >= 4 is 23.1 Å². The first-order valence-electron chi connectivity index (χ1n) is 9.62. The Bertz CT molecular complexity index is 1000. The average Bonchev–Trinajstić information content (AvgIpc) is 2.68. The second kappa shape index (κ2) is 8.82. The molecule has 0 aliphatic rings. The SMILES string of the molecule is COc1ccc(OC)c(Nc2nc(C)cc(Nc3c(C)cccc3C(C)C)n2)c1. The fourth-order valence-electron chi connectivity index (χ4n) is 3.19. The Labute approximate surface area is 172 Å². The van der Waals surface area contributed by atoms with E-state index in [-0.39, 0.29) is 0 Å². The van der Waals surface area contributed by atoms with Gasteiger partial charge in [0.1, 0.15) is 17.3 Å². The summed E-state index contributed by atoms with van der Waals surface area (Å²) in [4.78, 5) is 9.19. The number of anilines is 4. The van der Waals surface area contributed by atoms with Gasteiger partial charge in [0.05, 0.1) is 19.9 Å². The Balaban J connectivity index is 1.95. The van der Waals surface area contributed by atoms with Gasteiger partial charge in [-0.3, -0.25) is 0 Å². The van der Waals surface area contributed by atoms with Crippen LogP contribution in [0.25, 0.3) is 0 Å². The summed E-state index contributed by atoms with van der Waals surface area (Å²) in [5.74, 6) is 3.03. The van der Waals surface area contributed by atoms with Crippen LogP contribution in [0.3, 0.4) is 0 Å². The summed E-state index contributed by atoms with van der Waals surface area (Å²) in [6.07, 6.45) is 0. The van der Waals surface area contributed by atoms with Crippen molar-refractivity contribution in [2.45, 2.75) is 33.6 Å². The van der Waals surface area contributed by atoms with E-state index in [1.165, 1.54) is 11.1 Å². The Morgan fingerprint density at radius 3 is 2.38 bits per heavy atom. The fraction of sp³-hybridized carbons (Fsp3) is 0.304. The summed E-state index contributed by atoms with van der Waals surface area (Å²) in [5, 5.41) is 6.74. The van der Waals surface area contributed by atoms with Gasteiger partial charge in [-0.05, 0) is 43.0 Å². The first-order chi connectivity index (χ1) is 13.9. The number of aryl methyl sites for hydroxylation is 2. The molecule has 2 aromatic carbocycles. The number of hydrogen-bond donors (Lipinski definition) is 2. The third kappa shape index (κ3) is 4.77. The molecule has 29 heavy (non-hydrogen) atoms. The zero-order valence-corrected chi connectivity index (χ0v) is 17.8. The smallest absolute Gasteiger partial charge is 0.229 e. The number of rotatable bonds is 7. The van der Waals surface area contributed by atoms with Gasteiger partial charge in [-0.1, -0.05) is 32.0 Å². The van der Waals surface area contributed by atoms with Gasteiger partial charge in [0.2, 0.25) is 5.95 Å². The topological polar surface area (TPSA) is 68.3 Å². The highest BCUT2D eigenvalue weighted by molar-refractivity contribution is 5.68. The van der Waals surface area contributed by atoms with Crippen LogP contribution in [0.1, 0.15) is 36.6 Å². The Hall–Kier alpha value is -3.28. The summed E-state index contributed by atoms with van der Waals surface area (Å²) >= 11 is 0. The standard InChI is InChI=1S/C23H28N4O2/c1-14(2)18-9-7-8-15(3)22(18)26-21-12-16(4)24-23(27-21)25-19-13-17(28-5)10-11-20(19)29-6/h7-14H,1-6H3,(H2,24,25,26,27). The van der Waals surface area contributed by atoms with Crippen molar-refractivity contribution in [3.05, 3.63) is 59.3 Å². The van der Waals surface area contributed by atoms with Crippen molar-refractivity contribution in [1.29, 1.82) is 0 Å². The predicted octanol–water partition coefficient (Wildman–Crippen LogP) is 5.72. The van der Waals surface area contributed by atoms with Gasteiger partial charge >= 0.3 is 0 Å². The van der Waals surface area contributed by atoms with Crippen LogP contribution < -0.4 is 20.1 Å². The lowest BCUT2D eigenvalue weighted by molar-refractivity contribution is 0.405. The molecule has 1 aromatic heterocycles. The third-order valence-corrected chi connectivity index (χ3v) is 4.69. The van der Waals surface area contributed by atoms with E-state index >= 15 is 0 Å². The summed E-state index contributed by atoms with van der Waals surface area (Å²) in [7, 11) is 3.26. The van der Waals surface area contributed by atoms with Crippen molar-refractivity contribution in [3.8, 4) is 11.5 Å². The summed E-state index contributed by atoms with van der Waals surface area (Å²) in [6, 6.07) is 13.8. The molecule has 152 valence electrons. The minimum Gasteiger partial charge on any atom is -0.497 e. The minimum absolute atomic E-state index is 0.402. The van der Waals surface area contributed by atoms with Crippen LogP contribution in [0.4, 0.5) is 23.1 Å². The number of nitrogens with one attached hydrogen (secondary N) is 2. The maximum absolute atomic E-state index is 5.44. The van der Waals surface area contributed by atoms with Gasteiger partial charge in [-0.2, -0.15) is 4.98 Å². The number of aromatic nitrogens is 2. The molecular formula is C23H28N4O2. The van der Waals surface area contributed by atoms with Gasteiger partial charge in [0.25, 0.3) is 0 Å². The van der Waals surface area contributed by atoms with Crippen LogP contribution in [0.2, 0.25) is 0 Å². The summed E-state index contributed by atoms with van der Waals surface area (Å²) < 4.78 is 10.8.